The van der Waals surface area contributed by atoms with Crippen molar-refractivity contribution in [2.24, 2.45) is 0 Å². The highest BCUT2D eigenvalue weighted by Crippen LogP contribution is 2.22. The number of methoxy groups -OCH3 is 1. The van der Waals surface area contributed by atoms with E-state index in [1.165, 1.54) is 6.26 Å². The summed E-state index contributed by atoms with van der Waals surface area (Å²) in [5.41, 5.74) is 0.443. The molecule has 0 saturated heterocycles. The molecule has 0 radical (unpaired) electrons. The molecule has 0 bridgehead atoms. The highest BCUT2D eigenvalue weighted by molar-refractivity contribution is 9.10. The fraction of sp³-hybridized carbons (Fsp3) is 0.182. The predicted octanol–water partition coefficient (Wildman–Crippen LogP) is 3.01. The molecule has 16 heavy (non-hydrogen) atoms. The molecule has 0 fully saturated rings. The molecule has 0 saturated carbocycles. The van der Waals surface area contributed by atoms with Crippen molar-refractivity contribution in [3.63, 3.8) is 0 Å². The predicted molar refractivity (Wildman–Crippen MR) is 59.3 cm³/mol. The minimum absolute atomic E-state index is 0.219. The summed E-state index contributed by atoms with van der Waals surface area (Å²) in [6.45, 7) is 0.347. The second-order valence-corrected chi connectivity index (χ2v) is 3.86. The number of hydrogen-bond donors (Lipinski definition) is 0. The van der Waals surface area contributed by atoms with E-state index in [1.54, 1.807) is 25.3 Å². The maximum atomic E-state index is 11.9. The lowest BCUT2D eigenvalue weighted by molar-refractivity contribution is 0.0998. The first kappa shape index (κ1) is 11.2. The van der Waals surface area contributed by atoms with E-state index >= 15 is 0 Å². The van der Waals surface area contributed by atoms with Gasteiger partial charge in [0.05, 0.1) is 11.8 Å². The van der Waals surface area contributed by atoms with Crippen molar-refractivity contribution in [2.75, 3.05) is 7.11 Å². The molecule has 0 amide bonds. The van der Waals surface area contributed by atoms with Gasteiger partial charge >= 0.3 is 0 Å². The summed E-state index contributed by atoms with van der Waals surface area (Å²) >= 11 is 3.15. The lowest BCUT2D eigenvalue weighted by Gasteiger charge is -1.95. The Labute approximate surface area is 100 Å². The van der Waals surface area contributed by atoms with E-state index < -0.39 is 0 Å². The Morgan fingerprint density at radius 2 is 2.25 bits per heavy atom. The zero-order valence-electron chi connectivity index (χ0n) is 8.53. The van der Waals surface area contributed by atoms with E-state index in [0.717, 1.165) is 0 Å². The second-order valence-electron chi connectivity index (χ2n) is 3.14. The van der Waals surface area contributed by atoms with Crippen molar-refractivity contribution in [2.45, 2.75) is 6.61 Å². The van der Waals surface area contributed by atoms with Gasteiger partial charge in [-0.25, -0.2) is 0 Å². The molecule has 2 aromatic heterocycles. The number of carbonyl (C=O) groups excluding carboxylic acids is 1. The van der Waals surface area contributed by atoms with Crippen LogP contribution in [0.4, 0.5) is 0 Å². The van der Waals surface area contributed by atoms with Crippen molar-refractivity contribution in [1.29, 1.82) is 0 Å². The second kappa shape index (κ2) is 4.67. The van der Waals surface area contributed by atoms with E-state index in [2.05, 4.69) is 15.9 Å². The Morgan fingerprint density at radius 1 is 1.44 bits per heavy atom. The summed E-state index contributed by atoms with van der Waals surface area (Å²) in [6, 6.07) is 4.92. The molecule has 5 heteroatoms. The fourth-order valence-electron chi connectivity index (χ4n) is 1.31. The van der Waals surface area contributed by atoms with Crippen LogP contribution in [0.3, 0.4) is 0 Å². The van der Waals surface area contributed by atoms with Crippen molar-refractivity contribution in [3.8, 4) is 0 Å². The fourth-order valence-corrected chi connectivity index (χ4v) is 1.73. The van der Waals surface area contributed by atoms with Gasteiger partial charge in [0.1, 0.15) is 12.4 Å². The van der Waals surface area contributed by atoms with Gasteiger partial charge in [-0.05, 0) is 34.1 Å². The van der Waals surface area contributed by atoms with Crippen LogP contribution in [0.5, 0.6) is 0 Å². The van der Waals surface area contributed by atoms with Gasteiger partial charge in [0.15, 0.2) is 10.4 Å². The van der Waals surface area contributed by atoms with Gasteiger partial charge < -0.3 is 13.6 Å². The van der Waals surface area contributed by atoms with Crippen LogP contribution < -0.4 is 0 Å². The van der Waals surface area contributed by atoms with Gasteiger partial charge in [-0.3, -0.25) is 4.79 Å². The topological polar surface area (TPSA) is 52.6 Å². The van der Waals surface area contributed by atoms with E-state index in [1.807, 2.05) is 0 Å². The molecule has 2 heterocycles. The molecule has 0 atom stereocenters. The maximum Gasteiger partial charge on any atom is 0.232 e. The molecule has 0 aromatic carbocycles. The molecule has 4 nitrogen and oxygen atoms in total. The van der Waals surface area contributed by atoms with Crippen LogP contribution in [0.25, 0.3) is 0 Å². The Balaban J connectivity index is 2.24. The van der Waals surface area contributed by atoms with E-state index in [9.17, 15) is 4.79 Å². The third-order valence-electron chi connectivity index (χ3n) is 2.03. The van der Waals surface area contributed by atoms with Gasteiger partial charge in [0.2, 0.25) is 5.78 Å². The Kier molecular flexibility index (Phi) is 3.26. The van der Waals surface area contributed by atoms with Gasteiger partial charge in [0, 0.05) is 7.11 Å². The van der Waals surface area contributed by atoms with Gasteiger partial charge in [-0.15, -0.1) is 0 Å². The van der Waals surface area contributed by atoms with E-state index in [4.69, 9.17) is 13.6 Å². The van der Waals surface area contributed by atoms with Crippen LogP contribution in [0, 0.1) is 0 Å². The molecule has 0 aliphatic rings. The van der Waals surface area contributed by atoms with Crippen molar-refractivity contribution in [3.05, 3.63) is 46.2 Å². The van der Waals surface area contributed by atoms with Crippen molar-refractivity contribution >= 4 is 21.7 Å². The monoisotopic (exact) mass is 284 g/mol. The Bertz CT molecular complexity index is 498. The van der Waals surface area contributed by atoms with Crippen LogP contribution in [-0.2, 0) is 11.3 Å². The average molecular weight is 285 g/mol. The van der Waals surface area contributed by atoms with Crippen LogP contribution in [0.2, 0.25) is 0 Å². The van der Waals surface area contributed by atoms with Crippen molar-refractivity contribution in [1.82, 2.24) is 0 Å². The standard InChI is InChI=1S/C11H9BrO4/c1-14-6-7-2-3-9(16-7)10(13)8-4-5-15-11(8)12/h2-5H,6H2,1H3. The lowest BCUT2D eigenvalue weighted by Crippen LogP contribution is -1.98. The van der Waals surface area contributed by atoms with E-state index in [0.29, 0.717) is 22.6 Å². The lowest BCUT2D eigenvalue weighted by atomic mass is 10.2. The molecule has 2 rings (SSSR count). The first-order chi connectivity index (χ1) is 7.72. The minimum atomic E-state index is -0.219. The number of rotatable bonds is 4. The van der Waals surface area contributed by atoms with Gasteiger partial charge in [-0.2, -0.15) is 0 Å². The van der Waals surface area contributed by atoms with Crippen LogP contribution in [-0.4, -0.2) is 12.9 Å². The number of halogens is 1. The molecule has 0 aliphatic carbocycles. The number of ether oxygens (including phenoxy) is 1. The summed E-state index contributed by atoms with van der Waals surface area (Å²) in [5.74, 6) is 0.669. The normalized spacial score (nSPS) is 10.6. The summed E-state index contributed by atoms with van der Waals surface area (Å²) in [7, 11) is 1.57. The van der Waals surface area contributed by atoms with E-state index in [-0.39, 0.29) is 11.5 Å². The third-order valence-corrected chi connectivity index (χ3v) is 2.65. The third kappa shape index (κ3) is 2.10. The first-order valence-electron chi connectivity index (χ1n) is 4.57. The van der Waals surface area contributed by atoms with Crippen LogP contribution in [0.15, 0.2) is 38.0 Å². The molecule has 0 unspecified atom stereocenters. The number of furan rings is 2. The maximum absolute atomic E-state index is 11.9. The zero-order chi connectivity index (χ0) is 11.5. The molecule has 0 spiro atoms. The number of hydrogen-bond acceptors (Lipinski definition) is 4. The molecule has 0 aliphatic heterocycles. The quantitative estimate of drug-likeness (QED) is 0.810. The summed E-state index contributed by atoms with van der Waals surface area (Å²) in [5, 5.41) is 0. The molecule has 2 aromatic rings. The molecular formula is C11H9BrO4. The minimum Gasteiger partial charge on any atom is -0.457 e. The van der Waals surface area contributed by atoms with Crippen LogP contribution >= 0.6 is 15.9 Å². The van der Waals surface area contributed by atoms with Crippen LogP contribution in [0.1, 0.15) is 21.9 Å². The molecular weight excluding hydrogens is 276 g/mol. The van der Waals surface area contributed by atoms with Gasteiger partial charge in [-0.1, -0.05) is 0 Å². The highest BCUT2D eigenvalue weighted by atomic mass is 79.9. The Hall–Kier alpha value is -1.33. The largest absolute Gasteiger partial charge is 0.457 e. The SMILES string of the molecule is COCc1ccc(C(=O)c2ccoc2Br)o1. The number of ketones is 1. The highest BCUT2D eigenvalue weighted by Gasteiger charge is 2.18. The summed E-state index contributed by atoms with van der Waals surface area (Å²) in [4.78, 5) is 11.9. The molecule has 0 N–H and O–H groups in total. The summed E-state index contributed by atoms with van der Waals surface area (Å²) < 4.78 is 15.6. The van der Waals surface area contributed by atoms with Gasteiger partial charge in [0.25, 0.3) is 0 Å². The summed E-state index contributed by atoms with van der Waals surface area (Å²) in [6.07, 6.45) is 1.44. The Morgan fingerprint density at radius 3 is 2.88 bits per heavy atom. The smallest absolute Gasteiger partial charge is 0.232 e. The van der Waals surface area contributed by atoms with Crippen molar-refractivity contribution < 1.29 is 18.4 Å². The zero-order valence-corrected chi connectivity index (χ0v) is 10.1. The first-order valence-corrected chi connectivity index (χ1v) is 5.37. The molecule has 84 valence electrons. The number of carbonyl (C=O) groups is 1. The average Bonchev–Trinajstić information content (AvgIpc) is 2.87.